The molecule has 0 unspecified atom stereocenters. The third kappa shape index (κ3) is 13.8. The van der Waals surface area contributed by atoms with E-state index < -0.39 is 0 Å². The lowest BCUT2D eigenvalue weighted by atomic mass is 9.94. The summed E-state index contributed by atoms with van der Waals surface area (Å²) in [6.45, 7) is 9.99. The Labute approximate surface area is 333 Å². The van der Waals surface area contributed by atoms with Gasteiger partial charge in [0.05, 0.1) is 0 Å². The molecule has 48 heavy (non-hydrogen) atoms. The first-order chi connectivity index (χ1) is 23.4. The van der Waals surface area contributed by atoms with Crippen LogP contribution in [0.15, 0.2) is 32.9 Å². The molecular formula is C36H57N3S9. The van der Waals surface area contributed by atoms with Crippen molar-refractivity contribution in [3.63, 3.8) is 0 Å². The van der Waals surface area contributed by atoms with Crippen LogP contribution in [0.1, 0.15) is 136 Å². The van der Waals surface area contributed by atoms with Gasteiger partial charge in [0.25, 0.3) is 0 Å². The Bertz CT molecular complexity index is 983. The van der Waals surface area contributed by atoms with Crippen LogP contribution in [-0.2, 0) is 0 Å². The summed E-state index contributed by atoms with van der Waals surface area (Å²) >= 11 is 18.3. The summed E-state index contributed by atoms with van der Waals surface area (Å²) in [4.78, 5) is 11.4. The molecule has 0 saturated heterocycles. The summed E-state index contributed by atoms with van der Waals surface area (Å²) in [6, 6.07) is 8.84. The predicted molar refractivity (Wildman–Crippen MR) is 236 cm³/mol. The monoisotopic (exact) mass is 819 g/mol. The highest BCUT2D eigenvalue weighted by atomic mass is 33.1. The molecule has 3 fully saturated rings. The number of benzene rings is 1. The van der Waals surface area contributed by atoms with E-state index in [1.165, 1.54) is 111 Å². The zero-order chi connectivity index (χ0) is 34.1. The van der Waals surface area contributed by atoms with E-state index in [0.29, 0.717) is 18.1 Å². The van der Waals surface area contributed by atoms with E-state index in [2.05, 4.69) is 53.7 Å². The summed E-state index contributed by atoms with van der Waals surface area (Å²) in [5.74, 6) is 0. The fourth-order valence-electron chi connectivity index (χ4n) is 7.25. The van der Waals surface area contributed by atoms with E-state index >= 15 is 0 Å². The second-order valence-electron chi connectivity index (χ2n) is 13.4. The molecule has 0 aliphatic heterocycles. The summed E-state index contributed by atoms with van der Waals surface area (Å²) in [5.41, 5.74) is 0. The first-order valence-corrected chi connectivity index (χ1v) is 26.2. The van der Waals surface area contributed by atoms with Crippen molar-refractivity contribution in [2.24, 2.45) is 0 Å². The molecule has 0 N–H and O–H groups in total. The van der Waals surface area contributed by atoms with E-state index in [1.54, 1.807) is 32.4 Å². The summed E-state index contributed by atoms with van der Waals surface area (Å²) in [5, 5.41) is 0. The average Bonchev–Trinajstić information content (AvgIpc) is 3.13. The minimum absolute atomic E-state index is 0.604. The minimum atomic E-state index is 0.604. The number of nitrogens with zero attached hydrogens (tertiary/aromatic N) is 3. The van der Waals surface area contributed by atoms with E-state index in [4.69, 9.17) is 36.7 Å². The van der Waals surface area contributed by atoms with E-state index in [1.807, 2.05) is 32.4 Å². The van der Waals surface area contributed by atoms with Gasteiger partial charge >= 0.3 is 0 Å². The normalized spacial score (nSPS) is 18.1. The smallest absolute Gasteiger partial charge is 0.147 e. The number of rotatable bonds is 15. The van der Waals surface area contributed by atoms with Crippen molar-refractivity contribution in [2.75, 3.05) is 19.6 Å². The Kier molecular flexibility index (Phi) is 20.5. The van der Waals surface area contributed by atoms with Crippen LogP contribution in [0.3, 0.4) is 0 Å². The summed E-state index contributed by atoms with van der Waals surface area (Å²) in [7, 11) is 10.8. The Balaban J connectivity index is 1.46. The predicted octanol–water partition coefficient (Wildman–Crippen LogP) is 13.9. The van der Waals surface area contributed by atoms with E-state index in [0.717, 1.165) is 51.9 Å². The zero-order valence-corrected chi connectivity index (χ0v) is 36.7. The van der Waals surface area contributed by atoms with Crippen LogP contribution in [0.4, 0.5) is 0 Å². The Hall–Kier alpha value is 0.990. The van der Waals surface area contributed by atoms with Crippen molar-refractivity contribution >= 4 is 114 Å². The van der Waals surface area contributed by atoms with Gasteiger partial charge in [-0.15, -0.1) is 0 Å². The molecule has 3 aliphatic carbocycles. The van der Waals surface area contributed by atoms with Crippen molar-refractivity contribution < 1.29 is 0 Å². The lowest BCUT2D eigenvalue weighted by Gasteiger charge is -2.35. The highest BCUT2D eigenvalue weighted by molar-refractivity contribution is 8.84. The van der Waals surface area contributed by atoms with Gasteiger partial charge in [0.1, 0.15) is 13.0 Å². The highest BCUT2D eigenvalue weighted by Gasteiger charge is 2.26. The van der Waals surface area contributed by atoms with Crippen LogP contribution in [0, 0.1) is 0 Å². The average molecular weight is 820 g/mol. The molecule has 12 heteroatoms. The Morgan fingerprint density at radius 3 is 0.958 bits per heavy atom. The Morgan fingerprint density at radius 2 is 0.729 bits per heavy atom. The van der Waals surface area contributed by atoms with Gasteiger partial charge in [-0.05, 0) is 108 Å². The van der Waals surface area contributed by atoms with E-state index in [9.17, 15) is 0 Å². The molecule has 0 radical (unpaired) electrons. The largest absolute Gasteiger partial charge is 0.354 e. The topological polar surface area (TPSA) is 9.72 Å². The van der Waals surface area contributed by atoms with Crippen LogP contribution in [0.2, 0.25) is 0 Å². The molecule has 1 aromatic rings. The number of hydrogen-bond donors (Lipinski definition) is 0. The maximum absolute atomic E-state index is 6.09. The fourth-order valence-corrected chi connectivity index (χ4v) is 14.9. The maximum Gasteiger partial charge on any atom is 0.147 e. The standard InChI is InChI=1S/C36H57N3S9/c1-4-22-37(28-16-10-7-11-17-28)34(40)46-43-31-25-32(44-47-35(41)38(23-5-2)29-18-12-8-13-19-29)27-33(26-31)45-48-36(42)39(24-6-3)30-20-14-9-15-21-30/h25-30H,4-24H2,1-3H3. The number of hydrogen-bond acceptors (Lipinski definition) is 9. The van der Waals surface area contributed by atoms with Gasteiger partial charge in [-0.2, -0.15) is 0 Å². The zero-order valence-electron chi connectivity index (χ0n) is 29.3. The van der Waals surface area contributed by atoms with Crippen molar-refractivity contribution in [1.29, 1.82) is 0 Å². The third-order valence-corrected chi connectivity index (χ3v) is 18.6. The lowest BCUT2D eigenvalue weighted by Crippen LogP contribution is -2.39. The molecule has 0 amide bonds. The van der Waals surface area contributed by atoms with Gasteiger partial charge in [-0.3, -0.25) is 0 Å². The molecule has 0 bridgehead atoms. The molecule has 3 aliphatic rings. The van der Waals surface area contributed by atoms with Crippen LogP contribution < -0.4 is 0 Å². The minimum Gasteiger partial charge on any atom is -0.354 e. The van der Waals surface area contributed by atoms with Gasteiger partial charge in [0.2, 0.25) is 0 Å². The highest BCUT2D eigenvalue weighted by Crippen LogP contribution is 2.45. The van der Waals surface area contributed by atoms with Gasteiger partial charge < -0.3 is 14.7 Å². The molecule has 3 nitrogen and oxygen atoms in total. The van der Waals surface area contributed by atoms with Crippen LogP contribution in [0.5, 0.6) is 0 Å². The van der Waals surface area contributed by atoms with Gasteiger partial charge in [0.15, 0.2) is 0 Å². The third-order valence-electron chi connectivity index (χ3n) is 9.62. The Morgan fingerprint density at radius 1 is 0.479 bits per heavy atom. The van der Waals surface area contributed by atoms with Crippen LogP contribution in [-0.4, -0.2) is 65.4 Å². The van der Waals surface area contributed by atoms with E-state index in [-0.39, 0.29) is 0 Å². The second-order valence-corrected chi connectivity index (χ2v) is 21.9. The van der Waals surface area contributed by atoms with Crippen LogP contribution >= 0.6 is 101 Å². The first kappa shape index (κ1) is 41.7. The van der Waals surface area contributed by atoms with Crippen molar-refractivity contribution in [3.8, 4) is 0 Å². The van der Waals surface area contributed by atoms with Crippen LogP contribution in [0.25, 0.3) is 0 Å². The fraction of sp³-hybridized carbons (Fsp3) is 0.750. The molecule has 4 rings (SSSR count). The maximum atomic E-state index is 6.09. The van der Waals surface area contributed by atoms with Crippen molar-refractivity contribution in [2.45, 2.75) is 169 Å². The molecule has 0 spiro atoms. The van der Waals surface area contributed by atoms with Gasteiger partial charge in [-0.1, -0.05) is 148 Å². The summed E-state index contributed by atoms with van der Waals surface area (Å²) in [6.07, 6.45) is 23.1. The SMILES string of the molecule is CCCN(C(=S)SSc1cc(SSC(=S)N(CCC)C2CCCCC2)cc(SSC(=S)N(CCC)C2CCCCC2)c1)C1CCCCC1. The molecule has 3 saturated carbocycles. The lowest BCUT2D eigenvalue weighted by molar-refractivity contribution is 0.251. The molecule has 0 heterocycles. The first-order valence-electron chi connectivity index (χ1n) is 18.5. The summed E-state index contributed by atoms with van der Waals surface area (Å²) < 4.78 is 3.12. The van der Waals surface area contributed by atoms with Gasteiger partial charge in [0, 0.05) is 52.4 Å². The molecule has 1 aromatic carbocycles. The quantitative estimate of drug-likeness (QED) is 0.123. The second kappa shape index (κ2) is 23.6. The molecule has 0 atom stereocenters. The van der Waals surface area contributed by atoms with Crippen molar-refractivity contribution in [3.05, 3.63) is 18.2 Å². The molecule has 270 valence electrons. The van der Waals surface area contributed by atoms with Gasteiger partial charge in [-0.25, -0.2) is 0 Å². The number of thiocarbonyl (C=S) groups is 3. The molecular weight excluding hydrogens is 763 g/mol. The molecule has 0 aromatic heterocycles. The van der Waals surface area contributed by atoms with Crippen molar-refractivity contribution in [1.82, 2.24) is 14.7 Å².